The number of rotatable bonds is 5. The summed E-state index contributed by atoms with van der Waals surface area (Å²) < 4.78 is 5.16. The minimum absolute atomic E-state index is 0.167. The number of hydrogen-bond donors (Lipinski definition) is 1. The molecule has 0 saturated heterocycles. The average molecular weight is 319 g/mol. The zero-order valence-electron chi connectivity index (χ0n) is 10.6. The van der Waals surface area contributed by atoms with Crippen LogP contribution in [0.5, 0.6) is 0 Å². The van der Waals surface area contributed by atoms with Crippen molar-refractivity contribution in [2.75, 3.05) is 0 Å². The normalized spacial score (nSPS) is 10.7. The van der Waals surface area contributed by atoms with E-state index < -0.39 is 5.97 Å². The Morgan fingerprint density at radius 2 is 2.29 bits per heavy atom. The molecule has 3 aromatic rings. The number of aromatic carboxylic acids is 1. The molecule has 0 aliphatic heterocycles. The highest BCUT2D eigenvalue weighted by Crippen LogP contribution is 2.26. The molecule has 0 spiro atoms. The smallest absolute Gasteiger partial charge is 0.338 e. The second kappa shape index (κ2) is 6.06. The first-order valence-electron chi connectivity index (χ1n) is 5.91. The Kier molecular flexibility index (Phi) is 3.98. The molecule has 0 aliphatic rings. The van der Waals surface area contributed by atoms with E-state index in [2.05, 4.69) is 15.1 Å². The highest BCUT2D eigenvalue weighted by atomic mass is 32.2. The lowest BCUT2D eigenvalue weighted by Gasteiger charge is -2.01. The van der Waals surface area contributed by atoms with Crippen molar-refractivity contribution in [1.82, 2.24) is 15.1 Å². The molecule has 0 saturated carbocycles. The molecule has 6 nitrogen and oxygen atoms in total. The number of carbonyl (C=O) groups is 1. The highest BCUT2D eigenvalue weighted by molar-refractivity contribution is 7.98. The van der Waals surface area contributed by atoms with Crippen LogP contribution in [0.25, 0.3) is 10.7 Å². The van der Waals surface area contributed by atoms with E-state index in [1.807, 2.05) is 17.5 Å². The molecule has 0 bridgehead atoms. The van der Waals surface area contributed by atoms with Crippen LogP contribution in [0, 0.1) is 0 Å². The lowest BCUT2D eigenvalue weighted by Crippen LogP contribution is -2.00. The maximum absolute atomic E-state index is 11.1. The molecule has 1 N–H and O–H groups in total. The Hall–Kier alpha value is -2.19. The largest absolute Gasteiger partial charge is 0.478 e. The third kappa shape index (κ3) is 3.11. The van der Waals surface area contributed by atoms with Gasteiger partial charge >= 0.3 is 5.97 Å². The maximum Gasteiger partial charge on any atom is 0.338 e. The Morgan fingerprint density at radius 3 is 3.05 bits per heavy atom. The summed E-state index contributed by atoms with van der Waals surface area (Å²) in [5.74, 6) is 0.344. The predicted octanol–water partition coefficient (Wildman–Crippen LogP) is 3.18. The van der Waals surface area contributed by atoms with E-state index in [-0.39, 0.29) is 5.56 Å². The lowest BCUT2D eigenvalue weighted by atomic mass is 10.3. The maximum atomic E-state index is 11.1. The van der Waals surface area contributed by atoms with Gasteiger partial charge < -0.3 is 9.63 Å². The first-order chi connectivity index (χ1) is 10.2. The molecule has 0 aromatic carbocycles. The summed E-state index contributed by atoms with van der Waals surface area (Å²) in [4.78, 5) is 20.4. The molecule has 0 fully saturated rings. The molecule has 8 heteroatoms. The molecule has 0 radical (unpaired) electrons. The summed E-state index contributed by atoms with van der Waals surface area (Å²) in [7, 11) is 0. The van der Waals surface area contributed by atoms with Crippen molar-refractivity contribution >= 4 is 29.1 Å². The van der Waals surface area contributed by atoms with E-state index in [0.717, 1.165) is 4.88 Å². The van der Waals surface area contributed by atoms with Gasteiger partial charge in [-0.3, -0.25) is 0 Å². The van der Waals surface area contributed by atoms with Gasteiger partial charge in [0, 0.05) is 6.20 Å². The third-order valence-corrected chi connectivity index (χ3v) is 4.40. The standard InChI is InChI=1S/C13H9N3O3S2/c17-13(18)8-3-1-5-14-12(8)21-7-10-15-11(16-19-10)9-4-2-6-20-9/h1-6H,7H2,(H,17,18). The molecule has 0 aliphatic carbocycles. The SMILES string of the molecule is O=C(O)c1cccnc1SCc1nc(-c2cccs2)no1. The van der Waals surface area contributed by atoms with Crippen molar-refractivity contribution in [3.8, 4) is 10.7 Å². The van der Waals surface area contributed by atoms with Crippen molar-refractivity contribution in [1.29, 1.82) is 0 Å². The van der Waals surface area contributed by atoms with Crippen molar-refractivity contribution in [2.24, 2.45) is 0 Å². The fourth-order valence-electron chi connectivity index (χ4n) is 1.62. The molecular formula is C13H9N3O3S2. The monoisotopic (exact) mass is 319 g/mol. The lowest BCUT2D eigenvalue weighted by molar-refractivity contribution is 0.0692. The highest BCUT2D eigenvalue weighted by Gasteiger charge is 2.14. The van der Waals surface area contributed by atoms with Crippen LogP contribution in [0.1, 0.15) is 16.2 Å². The molecule has 3 rings (SSSR count). The van der Waals surface area contributed by atoms with E-state index >= 15 is 0 Å². The van der Waals surface area contributed by atoms with Crippen LogP contribution in [-0.2, 0) is 5.75 Å². The molecule has 0 atom stereocenters. The average Bonchev–Trinajstić information content (AvgIpc) is 3.16. The van der Waals surface area contributed by atoms with Crippen LogP contribution < -0.4 is 0 Å². The minimum atomic E-state index is -1.00. The quantitative estimate of drug-likeness (QED) is 0.722. The van der Waals surface area contributed by atoms with Crippen molar-refractivity contribution in [2.45, 2.75) is 10.8 Å². The van der Waals surface area contributed by atoms with Crippen molar-refractivity contribution in [3.05, 3.63) is 47.3 Å². The van der Waals surface area contributed by atoms with Gasteiger partial charge in [0.2, 0.25) is 11.7 Å². The van der Waals surface area contributed by atoms with Gasteiger partial charge in [0.15, 0.2) is 0 Å². The number of carboxylic acids is 1. The number of nitrogens with zero attached hydrogens (tertiary/aromatic N) is 3. The van der Waals surface area contributed by atoms with Crippen LogP contribution in [0.4, 0.5) is 0 Å². The van der Waals surface area contributed by atoms with Crippen LogP contribution in [0.15, 0.2) is 45.4 Å². The van der Waals surface area contributed by atoms with Gasteiger partial charge in [0.25, 0.3) is 0 Å². The first-order valence-corrected chi connectivity index (χ1v) is 7.78. The van der Waals surface area contributed by atoms with Gasteiger partial charge in [-0.25, -0.2) is 9.78 Å². The van der Waals surface area contributed by atoms with E-state index in [4.69, 9.17) is 9.63 Å². The van der Waals surface area contributed by atoms with Crippen LogP contribution >= 0.6 is 23.1 Å². The van der Waals surface area contributed by atoms with E-state index in [1.165, 1.54) is 29.2 Å². The van der Waals surface area contributed by atoms with Gasteiger partial charge in [0.05, 0.1) is 16.2 Å². The predicted molar refractivity (Wildman–Crippen MR) is 78.4 cm³/mol. The second-order valence-electron chi connectivity index (χ2n) is 3.94. The van der Waals surface area contributed by atoms with Crippen molar-refractivity contribution < 1.29 is 14.4 Å². The second-order valence-corrected chi connectivity index (χ2v) is 5.85. The molecular weight excluding hydrogens is 310 g/mol. The number of thioether (sulfide) groups is 1. The summed E-state index contributed by atoms with van der Waals surface area (Å²) in [5, 5.41) is 15.4. The third-order valence-electron chi connectivity index (χ3n) is 2.54. The Balaban J connectivity index is 1.73. The van der Waals surface area contributed by atoms with Crippen LogP contribution in [-0.4, -0.2) is 26.2 Å². The van der Waals surface area contributed by atoms with Gasteiger partial charge in [0.1, 0.15) is 5.03 Å². The number of pyridine rings is 1. The molecule has 3 heterocycles. The fourth-order valence-corrected chi connectivity index (χ4v) is 3.09. The molecule has 21 heavy (non-hydrogen) atoms. The van der Waals surface area contributed by atoms with Crippen LogP contribution in [0.2, 0.25) is 0 Å². The molecule has 0 unspecified atom stereocenters. The summed E-state index contributed by atoms with van der Waals surface area (Å²) in [6.07, 6.45) is 1.56. The minimum Gasteiger partial charge on any atom is -0.478 e. The Labute approximate surface area is 127 Å². The van der Waals surface area contributed by atoms with E-state index in [0.29, 0.717) is 22.5 Å². The zero-order valence-corrected chi connectivity index (χ0v) is 12.2. The van der Waals surface area contributed by atoms with E-state index in [9.17, 15) is 4.79 Å². The Morgan fingerprint density at radius 1 is 1.38 bits per heavy atom. The van der Waals surface area contributed by atoms with Crippen LogP contribution in [0.3, 0.4) is 0 Å². The molecule has 0 amide bonds. The van der Waals surface area contributed by atoms with Gasteiger partial charge in [-0.05, 0) is 23.6 Å². The van der Waals surface area contributed by atoms with Gasteiger partial charge in [-0.2, -0.15) is 4.98 Å². The van der Waals surface area contributed by atoms with Gasteiger partial charge in [-0.15, -0.1) is 11.3 Å². The summed E-state index contributed by atoms with van der Waals surface area (Å²) in [6, 6.07) is 6.93. The number of aromatic nitrogens is 3. The molecule has 3 aromatic heterocycles. The zero-order chi connectivity index (χ0) is 14.7. The summed E-state index contributed by atoms with van der Waals surface area (Å²) in [6.45, 7) is 0. The topological polar surface area (TPSA) is 89.1 Å². The number of carboxylic acid groups (broad SMARTS) is 1. The first kappa shape index (κ1) is 13.8. The Bertz CT molecular complexity index is 756. The summed E-state index contributed by atoms with van der Waals surface area (Å²) >= 11 is 2.78. The van der Waals surface area contributed by atoms with Gasteiger partial charge in [-0.1, -0.05) is 23.0 Å². The van der Waals surface area contributed by atoms with Crippen molar-refractivity contribution in [3.63, 3.8) is 0 Å². The fraction of sp³-hybridized carbons (Fsp3) is 0.0769. The number of thiophene rings is 1. The molecule has 106 valence electrons. The van der Waals surface area contributed by atoms with E-state index in [1.54, 1.807) is 12.3 Å². The number of hydrogen-bond acceptors (Lipinski definition) is 7. The summed E-state index contributed by atoms with van der Waals surface area (Å²) in [5.41, 5.74) is 0.167.